The van der Waals surface area contributed by atoms with Crippen molar-refractivity contribution in [3.8, 4) is 10.6 Å². The number of aromatic nitrogens is 3. The standard InChI is InChI=1S/C22H25N5OS/c1-14-20(29-15(2)24-14)19-11-12-23-22(27-19)26-18-10-6-9-17(13-18)25-21(28)16-7-4-3-5-8-16/h6,9-13,16H,3-5,7-8H2,1-2H3,(H,25,28)(H,23,26,27). The van der Waals surface area contributed by atoms with Gasteiger partial charge in [0.25, 0.3) is 0 Å². The molecule has 2 heterocycles. The fraction of sp³-hybridized carbons (Fsp3) is 0.364. The van der Waals surface area contributed by atoms with Crippen LogP contribution in [-0.2, 0) is 4.79 Å². The maximum absolute atomic E-state index is 12.5. The highest BCUT2D eigenvalue weighted by Gasteiger charge is 2.21. The molecule has 1 aliphatic rings. The number of nitrogens with zero attached hydrogens (tertiary/aromatic N) is 3. The van der Waals surface area contributed by atoms with Gasteiger partial charge in [0.1, 0.15) is 0 Å². The number of rotatable bonds is 5. The maximum Gasteiger partial charge on any atom is 0.227 e. The van der Waals surface area contributed by atoms with Gasteiger partial charge in [-0.2, -0.15) is 0 Å². The Morgan fingerprint density at radius 1 is 1.07 bits per heavy atom. The summed E-state index contributed by atoms with van der Waals surface area (Å²) in [5, 5.41) is 7.32. The summed E-state index contributed by atoms with van der Waals surface area (Å²) in [5.41, 5.74) is 3.45. The maximum atomic E-state index is 12.5. The van der Waals surface area contributed by atoms with Crippen molar-refractivity contribution in [1.82, 2.24) is 15.0 Å². The van der Waals surface area contributed by atoms with Crippen LogP contribution in [0.15, 0.2) is 36.5 Å². The summed E-state index contributed by atoms with van der Waals surface area (Å²) >= 11 is 1.63. The molecule has 0 radical (unpaired) electrons. The molecule has 0 unspecified atom stereocenters. The first-order valence-electron chi connectivity index (χ1n) is 10.0. The summed E-state index contributed by atoms with van der Waals surface area (Å²) in [7, 11) is 0. The molecule has 7 heteroatoms. The Bertz CT molecular complexity index is 1010. The molecule has 1 saturated carbocycles. The van der Waals surface area contributed by atoms with E-state index >= 15 is 0 Å². The fourth-order valence-electron chi connectivity index (χ4n) is 3.73. The summed E-state index contributed by atoms with van der Waals surface area (Å²) in [6.07, 6.45) is 7.25. The third kappa shape index (κ3) is 4.79. The minimum Gasteiger partial charge on any atom is -0.326 e. The molecule has 6 nitrogen and oxygen atoms in total. The molecule has 0 spiro atoms. The smallest absolute Gasteiger partial charge is 0.227 e. The number of hydrogen-bond acceptors (Lipinski definition) is 6. The first-order valence-corrected chi connectivity index (χ1v) is 10.9. The van der Waals surface area contributed by atoms with E-state index in [2.05, 4.69) is 25.6 Å². The molecule has 0 saturated heterocycles. The molecule has 1 amide bonds. The number of carbonyl (C=O) groups is 1. The van der Waals surface area contributed by atoms with Gasteiger partial charge in [-0.25, -0.2) is 15.0 Å². The van der Waals surface area contributed by atoms with Crippen LogP contribution < -0.4 is 10.6 Å². The van der Waals surface area contributed by atoms with Crippen LogP contribution >= 0.6 is 11.3 Å². The Balaban J connectivity index is 1.47. The summed E-state index contributed by atoms with van der Waals surface area (Å²) in [4.78, 5) is 27.0. The lowest BCUT2D eigenvalue weighted by molar-refractivity contribution is -0.120. The van der Waals surface area contributed by atoms with Crippen LogP contribution in [0.4, 0.5) is 17.3 Å². The van der Waals surface area contributed by atoms with E-state index in [9.17, 15) is 4.79 Å². The zero-order valence-electron chi connectivity index (χ0n) is 16.7. The van der Waals surface area contributed by atoms with Gasteiger partial charge in [-0.3, -0.25) is 4.79 Å². The van der Waals surface area contributed by atoms with Crippen molar-refractivity contribution in [1.29, 1.82) is 0 Å². The molecule has 1 aromatic carbocycles. The van der Waals surface area contributed by atoms with Crippen LogP contribution in [0.5, 0.6) is 0 Å². The molecule has 1 fully saturated rings. The summed E-state index contributed by atoms with van der Waals surface area (Å²) in [5.74, 6) is 0.770. The molecule has 0 bridgehead atoms. The van der Waals surface area contributed by atoms with Crippen molar-refractivity contribution in [2.75, 3.05) is 10.6 Å². The van der Waals surface area contributed by atoms with Gasteiger partial charge in [-0.05, 0) is 51.0 Å². The van der Waals surface area contributed by atoms with Gasteiger partial charge in [0.15, 0.2) is 0 Å². The lowest BCUT2D eigenvalue weighted by atomic mass is 9.88. The highest BCUT2D eigenvalue weighted by molar-refractivity contribution is 7.15. The zero-order chi connectivity index (χ0) is 20.2. The van der Waals surface area contributed by atoms with E-state index < -0.39 is 0 Å². The van der Waals surface area contributed by atoms with Crippen LogP contribution in [0.2, 0.25) is 0 Å². The lowest BCUT2D eigenvalue weighted by Crippen LogP contribution is -2.24. The monoisotopic (exact) mass is 407 g/mol. The second-order valence-corrected chi connectivity index (χ2v) is 8.65. The largest absolute Gasteiger partial charge is 0.326 e. The van der Waals surface area contributed by atoms with Gasteiger partial charge in [-0.15, -0.1) is 11.3 Å². The Hall–Kier alpha value is -2.80. The van der Waals surface area contributed by atoms with E-state index in [-0.39, 0.29) is 11.8 Å². The van der Waals surface area contributed by atoms with E-state index in [1.54, 1.807) is 17.5 Å². The Labute approximate surface area is 174 Å². The van der Waals surface area contributed by atoms with Crippen molar-refractivity contribution in [2.24, 2.45) is 5.92 Å². The van der Waals surface area contributed by atoms with Crippen LogP contribution in [0, 0.1) is 19.8 Å². The number of carbonyl (C=O) groups excluding carboxylic acids is 1. The van der Waals surface area contributed by atoms with Crippen molar-refractivity contribution >= 4 is 34.6 Å². The lowest BCUT2D eigenvalue weighted by Gasteiger charge is -2.20. The molecule has 1 aliphatic carbocycles. The molecule has 0 atom stereocenters. The Kier molecular flexibility index (Phi) is 5.85. The van der Waals surface area contributed by atoms with Crippen LogP contribution in [-0.4, -0.2) is 20.9 Å². The number of thiazole rings is 1. The first-order chi connectivity index (χ1) is 14.1. The average Bonchev–Trinajstić information content (AvgIpc) is 3.07. The molecule has 4 rings (SSSR count). The van der Waals surface area contributed by atoms with E-state index in [0.717, 1.165) is 58.3 Å². The number of aryl methyl sites for hydroxylation is 2. The molecule has 3 aromatic rings. The number of nitrogens with one attached hydrogen (secondary N) is 2. The van der Waals surface area contributed by atoms with E-state index in [4.69, 9.17) is 0 Å². The quantitative estimate of drug-likeness (QED) is 0.585. The first kappa shape index (κ1) is 19.5. The van der Waals surface area contributed by atoms with Crippen molar-refractivity contribution < 1.29 is 4.79 Å². The van der Waals surface area contributed by atoms with Crippen LogP contribution in [0.1, 0.15) is 42.8 Å². The van der Waals surface area contributed by atoms with E-state index in [1.165, 1.54) is 6.42 Å². The molecular weight excluding hydrogens is 382 g/mol. The molecule has 150 valence electrons. The molecule has 2 aromatic heterocycles. The van der Waals surface area contributed by atoms with Gasteiger partial charge in [0.05, 0.1) is 21.3 Å². The highest BCUT2D eigenvalue weighted by Crippen LogP contribution is 2.29. The Morgan fingerprint density at radius 3 is 2.62 bits per heavy atom. The van der Waals surface area contributed by atoms with Crippen LogP contribution in [0.3, 0.4) is 0 Å². The van der Waals surface area contributed by atoms with Crippen LogP contribution in [0.25, 0.3) is 10.6 Å². The zero-order valence-corrected chi connectivity index (χ0v) is 17.6. The summed E-state index contributed by atoms with van der Waals surface area (Å²) in [6.45, 7) is 3.99. The average molecular weight is 408 g/mol. The van der Waals surface area contributed by atoms with Gasteiger partial charge < -0.3 is 10.6 Å². The normalized spacial score (nSPS) is 14.6. The molecule has 29 heavy (non-hydrogen) atoms. The molecular formula is C22H25N5OS. The third-order valence-corrected chi connectivity index (χ3v) is 6.25. The van der Waals surface area contributed by atoms with E-state index in [0.29, 0.717) is 5.95 Å². The minimum absolute atomic E-state index is 0.121. The number of benzene rings is 1. The highest BCUT2D eigenvalue weighted by atomic mass is 32.1. The predicted molar refractivity (Wildman–Crippen MR) is 118 cm³/mol. The van der Waals surface area contributed by atoms with E-state index in [1.807, 2.05) is 44.2 Å². The predicted octanol–water partition coefficient (Wildman–Crippen LogP) is 5.48. The second kappa shape index (κ2) is 8.69. The van der Waals surface area contributed by atoms with Gasteiger partial charge in [-0.1, -0.05) is 25.3 Å². The minimum atomic E-state index is 0.121. The SMILES string of the molecule is Cc1nc(C)c(-c2ccnc(Nc3cccc(NC(=O)C4CCCCC4)c3)n2)s1. The fourth-order valence-corrected chi connectivity index (χ4v) is 4.62. The Morgan fingerprint density at radius 2 is 1.86 bits per heavy atom. The number of hydrogen-bond donors (Lipinski definition) is 2. The van der Waals surface area contributed by atoms with Gasteiger partial charge in [0.2, 0.25) is 11.9 Å². The summed E-state index contributed by atoms with van der Waals surface area (Å²) < 4.78 is 0. The van der Waals surface area contributed by atoms with Gasteiger partial charge >= 0.3 is 0 Å². The second-order valence-electron chi connectivity index (χ2n) is 7.44. The van der Waals surface area contributed by atoms with Gasteiger partial charge in [0, 0.05) is 23.5 Å². The number of amides is 1. The topological polar surface area (TPSA) is 79.8 Å². The van der Waals surface area contributed by atoms with Crippen molar-refractivity contribution in [3.63, 3.8) is 0 Å². The molecule has 0 aliphatic heterocycles. The summed E-state index contributed by atoms with van der Waals surface area (Å²) in [6, 6.07) is 9.57. The molecule has 2 N–H and O–H groups in total. The van der Waals surface area contributed by atoms with Crippen molar-refractivity contribution in [3.05, 3.63) is 47.2 Å². The third-order valence-electron chi connectivity index (χ3n) is 5.15. The van der Waals surface area contributed by atoms with Crippen molar-refractivity contribution in [2.45, 2.75) is 46.0 Å². The number of anilines is 3.